The van der Waals surface area contributed by atoms with Crippen LogP contribution in [0.5, 0.6) is 0 Å². The summed E-state index contributed by atoms with van der Waals surface area (Å²) in [7, 11) is 0. The standard InChI is InChI=1S/C28H22N4O2S/c33-26-17-16-24(30-32(26)23-14-8-3-9-15-23)27(34)31(19-18-21-10-4-1-5-11-21)28-29-25(20-35-28)22-12-6-2-7-13-22/h1-17,20H,18-19H2. The first-order valence-corrected chi connectivity index (χ1v) is 12.1. The topological polar surface area (TPSA) is 68.1 Å². The number of thiazole rings is 1. The summed E-state index contributed by atoms with van der Waals surface area (Å²) < 4.78 is 1.25. The van der Waals surface area contributed by atoms with Crippen LogP contribution >= 0.6 is 11.3 Å². The molecule has 6 nitrogen and oxygen atoms in total. The molecule has 0 unspecified atom stereocenters. The number of benzene rings is 3. The van der Waals surface area contributed by atoms with Gasteiger partial charge in [0.15, 0.2) is 5.13 Å². The third-order valence-electron chi connectivity index (χ3n) is 5.52. The average molecular weight is 479 g/mol. The Labute approximate surface area is 206 Å². The SMILES string of the molecule is O=C(c1ccc(=O)n(-c2ccccc2)n1)N(CCc1ccccc1)c1nc(-c2ccccc2)cs1. The molecule has 172 valence electrons. The van der Waals surface area contributed by atoms with Crippen molar-refractivity contribution >= 4 is 22.4 Å². The second-order valence-electron chi connectivity index (χ2n) is 7.88. The number of amides is 1. The number of carbonyl (C=O) groups is 1. The van der Waals surface area contributed by atoms with Crippen molar-refractivity contribution in [3.05, 3.63) is 130 Å². The van der Waals surface area contributed by atoms with Gasteiger partial charge >= 0.3 is 0 Å². The molecular formula is C28H22N4O2S. The highest BCUT2D eigenvalue weighted by Gasteiger charge is 2.23. The van der Waals surface area contributed by atoms with E-state index in [0.29, 0.717) is 23.8 Å². The van der Waals surface area contributed by atoms with Crippen LogP contribution in [0.2, 0.25) is 0 Å². The van der Waals surface area contributed by atoms with E-state index in [9.17, 15) is 9.59 Å². The Morgan fingerprint density at radius 3 is 2.20 bits per heavy atom. The number of anilines is 1. The minimum Gasteiger partial charge on any atom is -0.282 e. The van der Waals surface area contributed by atoms with Crippen LogP contribution in [0, 0.1) is 0 Å². The van der Waals surface area contributed by atoms with Crippen LogP contribution < -0.4 is 10.5 Å². The molecule has 0 radical (unpaired) electrons. The quantitative estimate of drug-likeness (QED) is 0.321. The molecule has 5 rings (SSSR count). The minimum atomic E-state index is -0.306. The van der Waals surface area contributed by atoms with E-state index in [0.717, 1.165) is 16.8 Å². The number of para-hydroxylation sites is 1. The van der Waals surface area contributed by atoms with Crippen LogP contribution in [0.4, 0.5) is 5.13 Å². The van der Waals surface area contributed by atoms with Crippen molar-refractivity contribution in [1.29, 1.82) is 0 Å². The predicted molar refractivity (Wildman–Crippen MR) is 139 cm³/mol. The summed E-state index contributed by atoms with van der Waals surface area (Å²) >= 11 is 1.41. The van der Waals surface area contributed by atoms with Gasteiger partial charge in [0.1, 0.15) is 5.69 Å². The van der Waals surface area contributed by atoms with Crippen molar-refractivity contribution in [2.24, 2.45) is 0 Å². The fourth-order valence-corrected chi connectivity index (χ4v) is 4.58. The van der Waals surface area contributed by atoms with E-state index in [4.69, 9.17) is 4.98 Å². The second kappa shape index (κ2) is 10.3. The van der Waals surface area contributed by atoms with E-state index in [1.54, 1.807) is 17.0 Å². The Morgan fingerprint density at radius 2 is 1.49 bits per heavy atom. The molecule has 0 spiro atoms. The highest BCUT2D eigenvalue weighted by Crippen LogP contribution is 2.28. The molecule has 3 aromatic carbocycles. The summed E-state index contributed by atoms with van der Waals surface area (Å²) in [6.07, 6.45) is 0.658. The zero-order valence-corrected chi connectivity index (χ0v) is 19.6. The lowest BCUT2D eigenvalue weighted by molar-refractivity contribution is 0.0980. The molecule has 0 saturated heterocycles. The fraction of sp³-hybridized carbons (Fsp3) is 0.0714. The Bertz CT molecular complexity index is 1480. The van der Waals surface area contributed by atoms with E-state index in [1.165, 1.54) is 28.2 Å². The third-order valence-corrected chi connectivity index (χ3v) is 6.39. The number of hydrogen-bond donors (Lipinski definition) is 0. The Kier molecular flexibility index (Phi) is 6.59. The zero-order valence-electron chi connectivity index (χ0n) is 18.8. The lowest BCUT2D eigenvalue weighted by Gasteiger charge is -2.20. The smallest absolute Gasteiger partial charge is 0.280 e. The highest BCUT2D eigenvalue weighted by molar-refractivity contribution is 7.14. The van der Waals surface area contributed by atoms with Gasteiger partial charge in [-0.05, 0) is 30.2 Å². The van der Waals surface area contributed by atoms with Crippen LogP contribution in [0.15, 0.2) is 113 Å². The van der Waals surface area contributed by atoms with E-state index in [2.05, 4.69) is 5.10 Å². The molecule has 0 N–H and O–H groups in total. The number of rotatable bonds is 7. The van der Waals surface area contributed by atoms with Gasteiger partial charge in [0.05, 0.1) is 11.4 Å². The summed E-state index contributed by atoms with van der Waals surface area (Å²) in [5.74, 6) is -0.306. The number of carbonyl (C=O) groups excluding carboxylic acids is 1. The van der Waals surface area contributed by atoms with Crippen molar-refractivity contribution in [2.45, 2.75) is 6.42 Å². The minimum absolute atomic E-state index is 0.179. The molecule has 2 aromatic heterocycles. The number of nitrogens with zero attached hydrogens (tertiary/aromatic N) is 4. The Balaban J connectivity index is 1.50. The summed E-state index contributed by atoms with van der Waals surface area (Å²) in [6.45, 7) is 0.427. The first-order chi connectivity index (χ1) is 17.2. The maximum Gasteiger partial charge on any atom is 0.280 e. The third kappa shape index (κ3) is 5.10. The van der Waals surface area contributed by atoms with Crippen molar-refractivity contribution in [3.63, 3.8) is 0 Å². The van der Waals surface area contributed by atoms with Crippen LogP contribution in [-0.2, 0) is 6.42 Å². The Hall–Kier alpha value is -4.36. The normalized spacial score (nSPS) is 10.7. The van der Waals surface area contributed by atoms with E-state index in [1.807, 2.05) is 84.2 Å². The Morgan fingerprint density at radius 1 is 0.829 bits per heavy atom. The molecule has 1 amide bonds. The lowest BCUT2D eigenvalue weighted by Crippen LogP contribution is -2.35. The molecular weight excluding hydrogens is 456 g/mol. The van der Waals surface area contributed by atoms with Gasteiger partial charge in [-0.1, -0.05) is 78.9 Å². The summed E-state index contributed by atoms with van der Waals surface area (Å²) in [5, 5.41) is 6.94. The van der Waals surface area contributed by atoms with Gasteiger partial charge in [-0.25, -0.2) is 4.98 Å². The van der Waals surface area contributed by atoms with Crippen LogP contribution in [0.25, 0.3) is 16.9 Å². The molecule has 0 aliphatic carbocycles. The fourth-order valence-electron chi connectivity index (χ4n) is 3.72. The molecule has 0 aliphatic rings. The lowest BCUT2D eigenvalue weighted by atomic mass is 10.1. The molecule has 35 heavy (non-hydrogen) atoms. The van der Waals surface area contributed by atoms with Crippen LogP contribution in [0.3, 0.4) is 0 Å². The zero-order chi connectivity index (χ0) is 24.0. The monoisotopic (exact) mass is 478 g/mol. The second-order valence-corrected chi connectivity index (χ2v) is 8.71. The van der Waals surface area contributed by atoms with Gasteiger partial charge in [-0.3, -0.25) is 14.5 Å². The number of hydrogen-bond acceptors (Lipinski definition) is 5. The largest absolute Gasteiger partial charge is 0.282 e. The van der Waals surface area contributed by atoms with Gasteiger partial charge in [-0.15, -0.1) is 11.3 Å². The summed E-state index contributed by atoms with van der Waals surface area (Å²) in [6, 6.07) is 31.8. The molecule has 5 aromatic rings. The van der Waals surface area contributed by atoms with Gasteiger partial charge in [0, 0.05) is 23.6 Å². The van der Waals surface area contributed by atoms with E-state index >= 15 is 0 Å². The molecule has 0 aliphatic heterocycles. The van der Waals surface area contributed by atoms with Gasteiger partial charge in [-0.2, -0.15) is 9.78 Å². The molecule has 0 saturated carbocycles. The van der Waals surface area contributed by atoms with Gasteiger partial charge < -0.3 is 0 Å². The number of aromatic nitrogens is 3. The van der Waals surface area contributed by atoms with Gasteiger partial charge in [0.25, 0.3) is 11.5 Å². The highest BCUT2D eigenvalue weighted by atomic mass is 32.1. The molecule has 0 fully saturated rings. The van der Waals surface area contributed by atoms with Crippen LogP contribution in [-0.4, -0.2) is 27.2 Å². The predicted octanol–water partition coefficient (Wildman–Crippen LogP) is 5.25. The average Bonchev–Trinajstić information content (AvgIpc) is 3.41. The van der Waals surface area contributed by atoms with Crippen LogP contribution in [0.1, 0.15) is 16.1 Å². The van der Waals surface area contributed by atoms with Crippen molar-refractivity contribution < 1.29 is 4.79 Å². The molecule has 7 heteroatoms. The summed E-state index contributed by atoms with van der Waals surface area (Å²) in [4.78, 5) is 32.6. The van der Waals surface area contributed by atoms with Crippen molar-refractivity contribution in [1.82, 2.24) is 14.8 Å². The van der Waals surface area contributed by atoms with E-state index in [-0.39, 0.29) is 17.2 Å². The van der Waals surface area contributed by atoms with Gasteiger partial charge in [0.2, 0.25) is 0 Å². The first-order valence-electron chi connectivity index (χ1n) is 11.2. The molecule has 0 atom stereocenters. The van der Waals surface area contributed by atoms with E-state index < -0.39 is 0 Å². The molecule has 2 heterocycles. The molecule has 0 bridgehead atoms. The van der Waals surface area contributed by atoms with Crippen molar-refractivity contribution in [3.8, 4) is 16.9 Å². The maximum absolute atomic E-state index is 13.7. The summed E-state index contributed by atoms with van der Waals surface area (Å²) in [5.41, 5.74) is 3.39. The maximum atomic E-state index is 13.7. The first kappa shape index (κ1) is 22.4. The van der Waals surface area contributed by atoms with Crippen molar-refractivity contribution in [2.75, 3.05) is 11.4 Å².